The first-order valence-corrected chi connectivity index (χ1v) is 26.6. The molecule has 7 rings (SSSR count). The molecule has 0 radical (unpaired) electrons. The van der Waals surface area contributed by atoms with Crippen molar-refractivity contribution in [3.05, 3.63) is 102 Å². The van der Waals surface area contributed by atoms with Gasteiger partial charge in [0.25, 0.3) is 5.91 Å². The largest absolute Gasteiger partial charge is 0.490 e. The van der Waals surface area contributed by atoms with E-state index in [9.17, 15) is 24.0 Å². The quantitative estimate of drug-likeness (QED) is 0.0351. The highest BCUT2D eigenvalue weighted by Gasteiger charge is 2.53. The minimum atomic E-state index is -0.721. The number of imide groups is 2. The average molecular weight is 982 g/mol. The fourth-order valence-corrected chi connectivity index (χ4v) is 10.1. The molecule has 2 aliphatic heterocycles. The number of amides is 5. The van der Waals surface area contributed by atoms with Crippen molar-refractivity contribution in [3.63, 3.8) is 0 Å². The van der Waals surface area contributed by atoms with Crippen LogP contribution in [-0.2, 0) is 19.2 Å². The van der Waals surface area contributed by atoms with Gasteiger partial charge in [0.1, 0.15) is 11.5 Å². The van der Waals surface area contributed by atoms with Crippen molar-refractivity contribution < 1.29 is 42.9 Å². The number of nitrogens with zero attached hydrogens (tertiary/aromatic N) is 2. The summed E-state index contributed by atoms with van der Waals surface area (Å²) in [6, 6.07) is 24.0. The maximum atomic E-state index is 14.7. The van der Waals surface area contributed by atoms with E-state index in [1.807, 2.05) is 74.5 Å². The van der Waals surface area contributed by atoms with Gasteiger partial charge in [0, 0.05) is 24.7 Å². The van der Waals surface area contributed by atoms with E-state index in [-0.39, 0.29) is 42.4 Å². The van der Waals surface area contributed by atoms with Crippen LogP contribution in [0.1, 0.15) is 146 Å². The predicted molar refractivity (Wildman–Crippen MR) is 283 cm³/mol. The van der Waals surface area contributed by atoms with E-state index in [1.165, 1.54) is 18.4 Å². The van der Waals surface area contributed by atoms with Crippen LogP contribution in [0.5, 0.6) is 28.7 Å². The summed E-state index contributed by atoms with van der Waals surface area (Å²) in [7, 11) is 1.49. The lowest BCUT2D eigenvalue weighted by molar-refractivity contribution is -0.138. The minimum Gasteiger partial charge on any atom is -0.490 e. The van der Waals surface area contributed by atoms with Crippen LogP contribution in [0.3, 0.4) is 0 Å². The van der Waals surface area contributed by atoms with Crippen LogP contribution in [0.4, 0.5) is 11.4 Å². The number of rotatable bonds is 27. The Morgan fingerprint density at radius 2 is 1.17 bits per heavy atom. The molecule has 4 unspecified atom stereocenters. The standard InChI is InChI=1S/C60H75N3O9/c1-7-10-13-16-19-30-70-53-37-45(36-52(69-29-18-15-12-9-3)56(53)71-31-20-17-14-11-8-2)57(65)61-46-33-43(42-23-27-49(28-24-42)72-48-25-21-40(4)22-26-48)34-47(38-46)63-59(67)51-35-44(32-41(5)55(51)60(63)68)50-39-54(64)62(6)58(50)66/h21-28,32-34,36-38,44,50-51,55H,7-20,29-31,35,39H2,1-6H3,(H,61,65). The van der Waals surface area contributed by atoms with Gasteiger partial charge >= 0.3 is 0 Å². The molecule has 3 aliphatic rings. The smallest absolute Gasteiger partial charge is 0.255 e. The number of carbonyl (C=O) groups is 5. The fraction of sp³-hybridized carbons (Fsp3) is 0.483. The Hall–Kier alpha value is -6.43. The van der Waals surface area contributed by atoms with Gasteiger partial charge in [-0.3, -0.25) is 28.9 Å². The molecular weight excluding hydrogens is 907 g/mol. The number of fused-ring (bicyclic) bond motifs is 1. The lowest BCUT2D eigenvalue weighted by Gasteiger charge is -2.29. The molecule has 12 nitrogen and oxygen atoms in total. The summed E-state index contributed by atoms with van der Waals surface area (Å²) < 4.78 is 25.5. The number of ether oxygens (including phenoxy) is 4. The molecule has 0 bridgehead atoms. The maximum absolute atomic E-state index is 14.7. The number of benzene rings is 4. The molecule has 4 aromatic rings. The number of hydrogen-bond acceptors (Lipinski definition) is 9. The van der Waals surface area contributed by atoms with Crippen LogP contribution in [-0.4, -0.2) is 61.3 Å². The van der Waals surface area contributed by atoms with Gasteiger partial charge in [-0.1, -0.05) is 133 Å². The van der Waals surface area contributed by atoms with Gasteiger partial charge < -0.3 is 24.3 Å². The van der Waals surface area contributed by atoms with Crippen LogP contribution >= 0.6 is 0 Å². The number of nitrogens with one attached hydrogen (secondary N) is 1. The second-order valence-electron chi connectivity index (χ2n) is 19.9. The highest BCUT2D eigenvalue weighted by molar-refractivity contribution is 6.23. The first kappa shape index (κ1) is 53.4. The molecule has 2 saturated heterocycles. The molecule has 2 fully saturated rings. The first-order chi connectivity index (χ1) is 34.9. The molecule has 1 aliphatic carbocycles. The number of likely N-dealkylation sites (tertiary alicyclic amines) is 1. The highest BCUT2D eigenvalue weighted by Crippen LogP contribution is 2.47. The van der Waals surface area contributed by atoms with Crippen LogP contribution in [0.2, 0.25) is 0 Å². The second kappa shape index (κ2) is 25.8. The fourth-order valence-electron chi connectivity index (χ4n) is 10.1. The van der Waals surface area contributed by atoms with Gasteiger partial charge in [-0.2, -0.15) is 0 Å². The van der Waals surface area contributed by atoms with Crippen molar-refractivity contribution in [2.45, 2.75) is 137 Å². The Bertz CT molecular complexity index is 2550. The lowest BCUT2D eigenvalue weighted by Crippen LogP contribution is -2.33. The molecule has 0 spiro atoms. The Morgan fingerprint density at radius 3 is 1.74 bits per heavy atom. The van der Waals surface area contributed by atoms with Gasteiger partial charge in [-0.15, -0.1) is 0 Å². The third-order valence-corrected chi connectivity index (χ3v) is 14.3. The van der Waals surface area contributed by atoms with E-state index in [2.05, 4.69) is 26.1 Å². The summed E-state index contributed by atoms with van der Waals surface area (Å²) >= 11 is 0. The monoisotopic (exact) mass is 982 g/mol. The second-order valence-corrected chi connectivity index (χ2v) is 19.9. The van der Waals surface area contributed by atoms with Crippen LogP contribution < -0.4 is 29.2 Å². The van der Waals surface area contributed by atoms with Gasteiger partial charge in [0.2, 0.25) is 29.4 Å². The summed E-state index contributed by atoms with van der Waals surface area (Å²) in [6.45, 7) is 11.8. The normalized spacial score (nSPS) is 18.6. The summed E-state index contributed by atoms with van der Waals surface area (Å²) in [5.74, 6) is -1.40. The zero-order valence-electron chi connectivity index (χ0n) is 43.4. The number of anilines is 2. The van der Waals surface area contributed by atoms with Crippen molar-refractivity contribution in [2.75, 3.05) is 37.1 Å². The van der Waals surface area contributed by atoms with Crippen molar-refractivity contribution in [2.24, 2.45) is 23.7 Å². The van der Waals surface area contributed by atoms with E-state index < -0.39 is 23.7 Å². The summed E-state index contributed by atoms with van der Waals surface area (Å²) in [4.78, 5) is 71.9. The summed E-state index contributed by atoms with van der Waals surface area (Å²) in [5, 5.41) is 3.11. The van der Waals surface area contributed by atoms with Crippen molar-refractivity contribution in [1.82, 2.24) is 4.90 Å². The summed E-state index contributed by atoms with van der Waals surface area (Å²) in [5.41, 5.74) is 4.19. The van der Waals surface area contributed by atoms with E-state index in [4.69, 9.17) is 18.9 Å². The first-order valence-electron chi connectivity index (χ1n) is 26.6. The molecule has 4 atom stereocenters. The van der Waals surface area contributed by atoms with E-state index in [0.717, 1.165) is 99.5 Å². The minimum absolute atomic E-state index is 0.0705. The average Bonchev–Trinajstić information content (AvgIpc) is 3.79. The Balaban J connectivity index is 1.22. The molecule has 72 heavy (non-hydrogen) atoms. The molecular formula is C60H75N3O9. The Morgan fingerprint density at radius 1 is 0.611 bits per heavy atom. The number of unbranched alkanes of at least 4 members (excludes halogenated alkanes) is 11. The third-order valence-electron chi connectivity index (χ3n) is 14.3. The molecule has 0 aromatic heterocycles. The Labute approximate surface area is 426 Å². The molecule has 5 amide bonds. The molecule has 12 heteroatoms. The maximum Gasteiger partial charge on any atom is 0.255 e. The van der Waals surface area contributed by atoms with E-state index in [0.29, 0.717) is 76.6 Å². The van der Waals surface area contributed by atoms with Crippen molar-refractivity contribution >= 4 is 40.9 Å². The van der Waals surface area contributed by atoms with Crippen molar-refractivity contribution in [3.8, 4) is 39.9 Å². The van der Waals surface area contributed by atoms with Crippen LogP contribution in [0.15, 0.2) is 90.5 Å². The number of hydrogen-bond donors (Lipinski definition) is 1. The van der Waals surface area contributed by atoms with Crippen LogP contribution in [0, 0.1) is 30.6 Å². The molecule has 1 N–H and O–H groups in total. The number of carbonyl (C=O) groups excluding carboxylic acids is 5. The third kappa shape index (κ3) is 13.3. The SMILES string of the molecule is CCCCCCCOc1cc(C(=O)Nc2cc(-c3ccc(Oc4ccc(C)cc4)cc3)cc(N3C(=O)C4CC(C5CC(=O)N(C)C5=O)C=C(C)C4C3=O)c2)cc(OCCCCCC)c1OCCCCCCC. The summed E-state index contributed by atoms with van der Waals surface area (Å²) in [6.07, 6.45) is 17.0. The van der Waals surface area contributed by atoms with Gasteiger partial charge in [0.05, 0.1) is 43.3 Å². The van der Waals surface area contributed by atoms with Gasteiger partial charge in [0.15, 0.2) is 11.5 Å². The lowest BCUT2D eigenvalue weighted by atomic mass is 9.71. The topological polar surface area (TPSA) is 141 Å². The van der Waals surface area contributed by atoms with E-state index >= 15 is 0 Å². The van der Waals surface area contributed by atoms with Gasteiger partial charge in [-0.25, -0.2) is 4.90 Å². The van der Waals surface area contributed by atoms with Gasteiger partial charge in [-0.05, 0) is 111 Å². The predicted octanol–water partition coefficient (Wildman–Crippen LogP) is 13.4. The van der Waals surface area contributed by atoms with Crippen LogP contribution in [0.25, 0.3) is 11.1 Å². The van der Waals surface area contributed by atoms with Crippen molar-refractivity contribution in [1.29, 1.82) is 0 Å². The number of allylic oxidation sites excluding steroid dienone is 1. The molecule has 2 heterocycles. The molecule has 4 aromatic carbocycles. The zero-order chi connectivity index (χ0) is 51.1. The zero-order valence-corrected chi connectivity index (χ0v) is 43.4. The molecule has 0 saturated carbocycles. The number of aryl methyl sites for hydroxylation is 1. The van der Waals surface area contributed by atoms with E-state index in [1.54, 1.807) is 24.3 Å². The highest BCUT2D eigenvalue weighted by atomic mass is 16.5. The Kier molecular flexibility index (Phi) is 19.1. The molecule has 384 valence electrons.